The van der Waals surface area contributed by atoms with Gasteiger partial charge in [-0.2, -0.15) is 0 Å². The van der Waals surface area contributed by atoms with Crippen LogP contribution in [0.3, 0.4) is 0 Å². The quantitative estimate of drug-likeness (QED) is 0.378. The molecule has 82 valence electrons. The van der Waals surface area contributed by atoms with E-state index in [0.717, 1.165) is 12.4 Å². The van der Waals surface area contributed by atoms with E-state index in [0.29, 0.717) is 0 Å². The minimum atomic E-state index is 0.837. The lowest BCUT2D eigenvalue weighted by Gasteiger charge is -2.13. The zero-order valence-electron chi connectivity index (χ0n) is 10.2. The molecule has 4 heteroatoms. The third kappa shape index (κ3) is 7.61. The van der Waals surface area contributed by atoms with E-state index in [2.05, 4.69) is 22.6 Å². The van der Waals surface area contributed by atoms with E-state index >= 15 is 0 Å². The predicted molar refractivity (Wildman–Crippen MR) is 61.6 cm³/mol. The largest absolute Gasteiger partial charge is 0.382 e. The van der Waals surface area contributed by atoms with Gasteiger partial charge in [-0.1, -0.05) is 0 Å². The van der Waals surface area contributed by atoms with Gasteiger partial charge in [-0.3, -0.25) is 4.90 Å². The van der Waals surface area contributed by atoms with Crippen molar-refractivity contribution in [3.05, 3.63) is 11.9 Å². The van der Waals surface area contributed by atoms with Crippen molar-refractivity contribution in [3.63, 3.8) is 0 Å². The summed E-state index contributed by atoms with van der Waals surface area (Å²) in [6, 6.07) is 0. The van der Waals surface area contributed by atoms with Crippen molar-refractivity contribution in [1.82, 2.24) is 15.1 Å². The van der Waals surface area contributed by atoms with E-state index in [4.69, 9.17) is 0 Å². The highest BCUT2D eigenvalue weighted by Crippen LogP contribution is 1.87. The third-order valence-electron chi connectivity index (χ3n) is 1.39. The van der Waals surface area contributed by atoms with E-state index in [9.17, 15) is 0 Å². The Balaban J connectivity index is 4.34. The third-order valence-corrected chi connectivity index (χ3v) is 1.39. The zero-order valence-corrected chi connectivity index (χ0v) is 10.2. The number of allylic oxidation sites excluding steroid dienone is 1. The highest BCUT2D eigenvalue weighted by atomic mass is 15.2. The molecule has 0 radical (unpaired) electrons. The molecule has 0 aromatic heterocycles. The van der Waals surface area contributed by atoms with E-state index in [1.165, 1.54) is 0 Å². The van der Waals surface area contributed by atoms with Crippen molar-refractivity contribution >= 4 is 6.21 Å². The molecule has 0 aliphatic carbocycles. The summed E-state index contributed by atoms with van der Waals surface area (Å²) in [4.78, 5) is 4.12. The molecule has 0 rings (SSSR count). The van der Waals surface area contributed by atoms with Gasteiger partial charge < -0.3 is 10.2 Å². The second-order valence-electron chi connectivity index (χ2n) is 4.06. The first-order valence-electron chi connectivity index (χ1n) is 4.70. The molecule has 0 bridgehead atoms. The van der Waals surface area contributed by atoms with Gasteiger partial charge in [0.2, 0.25) is 0 Å². The first-order valence-corrected chi connectivity index (χ1v) is 4.70. The maximum atomic E-state index is 3.33. The maximum Gasteiger partial charge on any atom is 0.187 e. The molecule has 0 saturated heterocycles. The Hall–Kier alpha value is -1.03. The highest BCUT2D eigenvalue weighted by Gasteiger charge is 1.98. The minimum Gasteiger partial charge on any atom is -0.382 e. The summed E-state index contributed by atoms with van der Waals surface area (Å²) >= 11 is 0. The Labute approximate surface area is 87.5 Å². The fraction of sp³-hybridized carbons (Fsp3) is 0.700. The molecule has 0 aliphatic heterocycles. The monoisotopic (exact) mass is 199 g/mol. The van der Waals surface area contributed by atoms with Crippen molar-refractivity contribution < 1.29 is 4.58 Å². The van der Waals surface area contributed by atoms with Crippen LogP contribution in [-0.4, -0.2) is 69.5 Å². The van der Waals surface area contributed by atoms with Crippen LogP contribution in [0.5, 0.6) is 0 Å². The van der Waals surface area contributed by atoms with Gasteiger partial charge in [-0.15, -0.1) is 0 Å². The van der Waals surface area contributed by atoms with Crippen molar-refractivity contribution in [2.24, 2.45) is 0 Å². The average molecular weight is 199 g/mol. The Morgan fingerprint density at radius 3 is 2.14 bits per heavy atom. The molecule has 0 atom stereocenters. The molecule has 0 aromatic carbocycles. The summed E-state index contributed by atoms with van der Waals surface area (Å²) in [5, 5.41) is 3.33. The molecule has 4 nitrogen and oxygen atoms in total. The Morgan fingerprint density at radius 2 is 1.79 bits per heavy atom. The lowest BCUT2D eigenvalue weighted by Crippen LogP contribution is -2.29. The minimum absolute atomic E-state index is 0.837. The van der Waals surface area contributed by atoms with Crippen molar-refractivity contribution in [3.8, 4) is 0 Å². The molecule has 0 fully saturated rings. The molecule has 0 aromatic rings. The fourth-order valence-electron chi connectivity index (χ4n) is 0.930. The van der Waals surface area contributed by atoms with Crippen LogP contribution in [0.2, 0.25) is 0 Å². The zero-order chi connectivity index (χ0) is 11.1. The van der Waals surface area contributed by atoms with Gasteiger partial charge in [0.1, 0.15) is 19.8 Å². The molecule has 0 saturated carbocycles. The van der Waals surface area contributed by atoms with Crippen LogP contribution in [0.1, 0.15) is 0 Å². The number of hydrogen-bond acceptors (Lipinski definition) is 3. The molecule has 0 unspecified atom stereocenters. The van der Waals surface area contributed by atoms with Gasteiger partial charge in [0, 0.05) is 20.3 Å². The standard InChI is InChI=1S/C10H23N4/c1-12(2)7-10(8-13(3)4)11-9-14(5)6/h7-8,11H,9H2,1-6H3/q+1. The van der Waals surface area contributed by atoms with E-state index < -0.39 is 0 Å². The van der Waals surface area contributed by atoms with E-state index in [-0.39, 0.29) is 0 Å². The summed E-state index contributed by atoms with van der Waals surface area (Å²) < 4.78 is 2.03. The molecule has 1 N–H and O–H groups in total. The van der Waals surface area contributed by atoms with Crippen LogP contribution in [-0.2, 0) is 0 Å². The smallest absolute Gasteiger partial charge is 0.187 e. The van der Waals surface area contributed by atoms with Crippen molar-refractivity contribution in [2.45, 2.75) is 0 Å². The van der Waals surface area contributed by atoms with Crippen LogP contribution in [0, 0.1) is 0 Å². The summed E-state index contributed by atoms with van der Waals surface area (Å²) in [7, 11) is 12.1. The Kier molecular flexibility index (Phi) is 5.95. The molecule has 0 amide bonds. The summed E-state index contributed by atoms with van der Waals surface area (Å²) in [5.41, 5.74) is 1.11. The van der Waals surface area contributed by atoms with Gasteiger partial charge in [-0.25, -0.2) is 4.58 Å². The second-order valence-corrected chi connectivity index (χ2v) is 4.06. The summed E-state index contributed by atoms with van der Waals surface area (Å²) in [6.45, 7) is 0.837. The van der Waals surface area contributed by atoms with E-state index in [1.807, 2.05) is 51.8 Å². The van der Waals surface area contributed by atoms with Crippen LogP contribution in [0.4, 0.5) is 0 Å². The lowest BCUT2D eigenvalue weighted by molar-refractivity contribution is -0.459. The van der Waals surface area contributed by atoms with Gasteiger partial charge in [0.15, 0.2) is 6.21 Å². The number of nitrogens with one attached hydrogen (secondary N) is 1. The van der Waals surface area contributed by atoms with Crippen LogP contribution < -0.4 is 5.32 Å². The second kappa shape index (κ2) is 6.43. The summed E-state index contributed by atoms with van der Waals surface area (Å²) in [5.74, 6) is 0. The molecule has 14 heavy (non-hydrogen) atoms. The Bertz CT molecular complexity index is 212. The molecular weight excluding hydrogens is 176 g/mol. The molecular formula is C10H23N4+. The fourth-order valence-corrected chi connectivity index (χ4v) is 0.930. The molecule has 0 aliphatic rings. The van der Waals surface area contributed by atoms with Crippen molar-refractivity contribution in [1.29, 1.82) is 0 Å². The lowest BCUT2D eigenvalue weighted by atomic mass is 10.4. The van der Waals surface area contributed by atoms with Gasteiger partial charge in [-0.05, 0) is 14.1 Å². The van der Waals surface area contributed by atoms with Gasteiger partial charge in [0.25, 0.3) is 0 Å². The Morgan fingerprint density at radius 1 is 1.21 bits per heavy atom. The normalized spacial score (nSPS) is 11.5. The number of rotatable bonds is 5. The SMILES string of the molecule is CN(C)/C=C(\C=[N+](C)C)NCN(C)C. The first-order chi connectivity index (χ1) is 6.41. The average Bonchev–Trinajstić information content (AvgIpc) is 1.97. The number of nitrogens with zero attached hydrogens (tertiary/aromatic N) is 3. The van der Waals surface area contributed by atoms with Crippen LogP contribution in [0.15, 0.2) is 11.9 Å². The summed E-state index contributed by atoms with van der Waals surface area (Å²) in [6.07, 6.45) is 4.12. The predicted octanol–water partition coefficient (Wildman–Crippen LogP) is -0.159. The topological polar surface area (TPSA) is 21.5 Å². The highest BCUT2D eigenvalue weighted by molar-refractivity contribution is 5.73. The van der Waals surface area contributed by atoms with Crippen LogP contribution in [0.25, 0.3) is 0 Å². The first kappa shape index (κ1) is 13.0. The maximum absolute atomic E-state index is 3.33. The van der Waals surface area contributed by atoms with E-state index in [1.54, 1.807) is 0 Å². The van der Waals surface area contributed by atoms with Crippen LogP contribution >= 0.6 is 0 Å². The number of hydrogen-bond donors (Lipinski definition) is 1. The van der Waals surface area contributed by atoms with Gasteiger partial charge in [0.05, 0.1) is 6.67 Å². The van der Waals surface area contributed by atoms with Gasteiger partial charge >= 0.3 is 0 Å². The van der Waals surface area contributed by atoms with Crippen molar-refractivity contribution in [2.75, 3.05) is 49.0 Å². The molecule has 0 heterocycles. The molecule has 0 spiro atoms.